The SMILES string of the molecule is Nn1c(COc2ccc(F)cc2)nnc1SCC(=O)NCC1CC1. The van der Waals surface area contributed by atoms with Crippen LogP contribution in [0.25, 0.3) is 0 Å². The first-order valence-corrected chi connectivity index (χ1v) is 8.57. The lowest BCUT2D eigenvalue weighted by molar-refractivity contribution is -0.118. The molecule has 1 aromatic carbocycles. The molecular formula is C15H18FN5O2S. The molecule has 1 saturated carbocycles. The van der Waals surface area contributed by atoms with Gasteiger partial charge in [-0.2, -0.15) is 0 Å². The molecule has 0 aliphatic heterocycles. The van der Waals surface area contributed by atoms with Gasteiger partial charge in [0.05, 0.1) is 5.75 Å². The first-order chi connectivity index (χ1) is 11.6. The summed E-state index contributed by atoms with van der Waals surface area (Å²) in [6.07, 6.45) is 2.39. The highest BCUT2D eigenvalue weighted by atomic mass is 32.2. The molecule has 0 bridgehead atoms. The third kappa shape index (κ3) is 4.60. The second-order valence-electron chi connectivity index (χ2n) is 5.55. The molecular weight excluding hydrogens is 333 g/mol. The van der Waals surface area contributed by atoms with Gasteiger partial charge >= 0.3 is 0 Å². The van der Waals surface area contributed by atoms with Crippen LogP contribution in [-0.4, -0.2) is 33.1 Å². The zero-order valence-corrected chi connectivity index (χ0v) is 13.8. The third-order valence-electron chi connectivity index (χ3n) is 3.53. The average molecular weight is 351 g/mol. The van der Waals surface area contributed by atoms with Gasteiger partial charge in [-0.1, -0.05) is 11.8 Å². The Labute approximate surface area is 142 Å². The van der Waals surface area contributed by atoms with Gasteiger partial charge in [0.1, 0.15) is 18.2 Å². The van der Waals surface area contributed by atoms with Gasteiger partial charge in [0.25, 0.3) is 0 Å². The van der Waals surface area contributed by atoms with Crippen LogP contribution in [-0.2, 0) is 11.4 Å². The molecule has 1 fully saturated rings. The molecule has 24 heavy (non-hydrogen) atoms. The number of rotatable bonds is 8. The molecule has 1 aliphatic carbocycles. The Hall–Kier alpha value is -2.29. The van der Waals surface area contributed by atoms with Crippen molar-refractivity contribution < 1.29 is 13.9 Å². The van der Waals surface area contributed by atoms with Crippen molar-refractivity contribution in [2.75, 3.05) is 18.1 Å². The van der Waals surface area contributed by atoms with E-state index in [9.17, 15) is 9.18 Å². The number of carbonyl (C=O) groups excluding carboxylic acids is 1. The number of aromatic nitrogens is 3. The van der Waals surface area contributed by atoms with E-state index in [-0.39, 0.29) is 24.1 Å². The molecule has 1 aliphatic rings. The minimum atomic E-state index is -0.331. The van der Waals surface area contributed by atoms with Gasteiger partial charge in [-0.25, -0.2) is 9.07 Å². The summed E-state index contributed by atoms with van der Waals surface area (Å²) in [7, 11) is 0. The summed E-state index contributed by atoms with van der Waals surface area (Å²) in [6, 6.07) is 5.66. The van der Waals surface area contributed by atoms with E-state index < -0.39 is 0 Å². The number of nitrogens with one attached hydrogen (secondary N) is 1. The third-order valence-corrected chi connectivity index (χ3v) is 4.48. The lowest BCUT2D eigenvalue weighted by Gasteiger charge is -2.06. The van der Waals surface area contributed by atoms with Crippen LogP contribution in [0.5, 0.6) is 5.75 Å². The summed E-state index contributed by atoms with van der Waals surface area (Å²) in [5, 5.41) is 11.2. The number of ether oxygens (including phenoxy) is 1. The summed E-state index contributed by atoms with van der Waals surface area (Å²) in [5.74, 6) is 7.34. The van der Waals surface area contributed by atoms with E-state index in [1.54, 1.807) is 0 Å². The maximum absolute atomic E-state index is 12.8. The number of amides is 1. The van der Waals surface area contributed by atoms with Crippen LogP contribution in [0.1, 0.15) is 18.7 Å². The summed E-state index contributed by atoms with van der Waals surface area (Å²) in [6.45, 7) is 0.842. The molecule has 0 spiro atoms. The standard InChI is InChI=1S/C15H18FN5O2S/c16-11-3-5-12(6-4-11)23-8-13-19-20-15(21(13)17)24-9-14(22)18-7-10-1-2-10/h3-6,10H,1-2,7-9,17H2,(H,18,22). The number of benzene rings is 1. The lowest BCUT2D eigenvalue weighted by Crippen LogP contribution is -2.27. The summed E-state index contributed by atoms with van der Waals surface area (Å²) in [4.78, 5) is 11.7. The number of thioether (sulfide) groups is 1. The summed E-state index contributed by atoms with van der Waals surface area (Å²) < 4.78 is 19.6. The van der Waals surface area contributed by atoms with E-state index in [1.165, 1.54) is 53.5 Å². The fourth-order valence-electron chi connectivity index (χ4n) is 1.94. The Bertz CT molecular complexity index is 702. The molecule has 2 aromatic rings. The van der Waals surface area contributed by atoms with Crippen molar-refractivity contribution >= 4 is 17.7 Å². The maximum atomic E-state index is 12.8. The van der Waals surface area contributed by atoms with Gasteiger partial charge in [-0.05, 0) is 43.0 Å². The second-order valence-corrected chi connectivity index (χ2v) is 6.49. The Kier molecular flexibility index (Phi) is 5.19. The van der Waals surface area contributed by atoms with Crippen molar-refractivity contribution in [1.29, 1.82) is 0 Å². The van der Waals surface area contributed by atoms with E-state index >= 15 is 0 Å². The molecule has 0 unspecified atom stereocenters. The molecule has 7 nitrogen and oxygen atoms in total. The van der Waals surface area contributed by atoms with Crippen LogP contribution in [0, 0.1) is 11.7 Å². The number of nitrogens with zero attached hydrogens (tertiary/aromatic N) is 3. The molecule has 1 heterocycles. The van der Waals surface area contributed by atoms with Crippen molar-refractivity contribution in [2.24, 2.45) is 5.92 Å². The van der Waals surface area contributed by atoms with Crippen LogP contribution in [0.15, 0.2) is 29.4 Å². The Morgan fingerprint density at radius 3 is 2.83 bits per heavy atom. The maximum Gasteiger partial charge on any atom is 0.230 e. The van der Waals surface area contributed by atoms with Crippen LogP contribution in [0.4, 0.5) is 4.39 Å². The van der Waals surface area contributed by atoms with Gasteiger partial charge in [-0.3, -0.25) is 4.79 Å². The van der Waals surface area contributed by atoms with Gasteiger partial charge in [-0.15, -0.1) is 10.2 Å². The van der Waals surface area contributed by atoms with Crippen molar-refractivity contribution in [1.82, 2.24) is 20.2 Å². The normalized spacial score (nSPS) is 13.7. The predicted octanol–water partition coefficient (Wildman–Crippen LogP) is 1.33. The number of nitrogens with two attached hydrogens (primary N) is 1. The van der Waals surface area contributed by atoms with E-state index in [4.69, 9.17) is 10.6 Å². The van der Waals surface area contributed by atoms with Crippen LogP contribution in [0.3, 0.4) is 0 Å². The Balaban J connectivity index is 1.47. The molecule has 0 atom stereocenters. The monoisotopic (exact) mass is 351 g/mol. The minimum Gasteiger partial charge on any atom is -0.486 e. The van der Waals surface area contributed by atoms with Crippen molar-refractivity contribution in [3.63, 3.8) is 0 Å². The first kappa shape index (κ1) is 16.6. The van der Waals surface area contributed by atoms with Crippen molar-refractivity contribution in [2.45, 2.75) is 24.6 Å². The smallest absolute Gasteiger partial charge is 0.230 e. The molecule has 1 aromatic heterocycles. The fraction of sp³-hybridized carbons (Fsp3) is 0.400. The highest BCUT2D eigenvalue weighted by Crippen LogP contribution is 2.27. The molecule has 3 N–H and O–H groups in total. The largest absolute Gasteiger partial charge is 0.486 e. The summed E-state index contributed by atoms with van der Waals surface area (Å²) >= 11 is 1.22. The highest BCUT2D eigenvalue weighted by Gasteiger charge is 2.21. The number of hydrogen-bond donors (Lipinski definition) is 2. The second kappa shape index (κ2) is 7.52. The van der Waals surface area contributed by atoms with E-state index in [0.717, 1.165) is 6.54 Å². The topological polar surface area (TPSA) is 95.1 Å². The van der Waals surface area contributed by atoms with Gasteiger partial charge < -0.3 is 15.9 Å². The highest BCUT2D eigenvalue weighted by molar-refractivity contribution is 7.99. The molecule has 128 valence electrons. The Morgan fingerprint density at radius 2 is 2.12 bits per heavy atom. The molecule has 9 heteroatoms. The van der Waals surface area contributed by atoms with Crippen LogP contribution < -0.4 is 15.9 Å². The molecule has 0 radical (unpaired) electrons. The first-order valence-electron chi connectivity index (χ1n) is 7.59. The van der Waals surface area contributed by atoms with Crippen LogP contribution in [0.2, 0.25) is 0 Å². The number of halogens is 1. The zero-order valence-electron chi connectivity index (χ0n) is 12.9. The fourth-order valence-corrected chi connectivity index (χ4v) is 2.65. The zero-order chi connectivity index (χ0) is 16.9. The van der Waals surface area contributed by atoms with E-state index in [0.29, 0.717) is 22.6 Å². The number of hydrogen-bond acceptors (Lipinski definition) is 6. The molecule has 0 saturated heterocycles. The number of nitrogen functional groups attached to an aromatic ring is 1. The average Bonchev–Trinajstić information content (AvgIpc) is 3.35. The van der Waals surface area contributed by atoms with Gasteiger partial charge in [0, 0.05) is 6.54 Å². The van der Waals surface area contributed by atoms with Crippen molar-refractivity contribution in [3.8, 4) is 5.75 Å². The molecule has 1 amide bonds. The van der Waals surface area contributed by atoms with Crippen LogP contribution >= 0.6 is 11.8 Å². The van der Waals surface area contributed by atoms with Crippen molar-refractivity contribution in [3.05, 3.63) is 35.9 Å². The minimum absolute atomic E-state index is 0.0426. The quantitative estimate of drug-likeness (QED) is 0.550. The molecule has 3 rings (SSSR count). The van der Waals surface area contributed by atoms with Gasteiger partial charge in [0.2, 0.25) is 11.1 Å². The van der Waals surface area contributed by atoms with E-state index in [1.807, 2.05) is 0 Å². The van der Waals surface area contributed by atoms with Gasteiger partial charge in [0.15, 0.2) is 5.82 Å². The summed E-state index contributed by atoms with van der Waals surface area (Å²) in [5.41, 5.74) is 0. The predicted molar refractivity (Wildman–Crippen MR) is 87.4 cm³/mol. The van der Waals surface area contributed by atoms with E-state index in [2.05, 4.69) is 15.5 Å². The Morgan fingerprint density at radius 1 is 1.38 bits per heavy atom. The number of carbonyl (C=O) groups is 1. The lowest BCUT2D eigenvalue weighted by atomic mass is 10.3.